The minimum atomic E-state index is -0.954. The molecule has 0 atom stereocenters. The normalized spacial score (nSPS) is 10.3. The zero-order valence-corrected chi connectivity index (χ0v) is 44.4. The van der Waals surface area contributed by atoms with Crippen LogP contribution in [0.25, 0.3) is 0 Å². The van der Waals surface area contributed by atoms with Crippen molar-refractivity contribution in [3.05, 3.63) is 0 Å². The van der Waals surface area contributed by atoms with Gasteiger partial charge in [0, 0.05) is 25.7 Å². The van der Waals surface area contributed by atoms with Gasteiger partial charge in [-0.25, -0.2) is 0 Å². The Bertz CT molecular complexity index is 807. The van der Waals surface area contributed by atoms with Crippen LogP contribution in [0, 0.1) is 0 Å². The van der Waals surface area contributed by atoms with Crippen LogP contribution in [-0.2, 0) is 19.2 Å². The molecule has 0 amide bonds. The van der Waals surface area contributed by atoms with E-state index >= 15 is 0 Å². The van der Waals surface area contributed by atoms with E-state index in [2.05, 4.69) is 27.7 Å². The predicted octanol–water partition coefficient (Wildman–Crippen LogP) is 12.6. The molecular weight excluding hydrogens is 873 g/mol. The molecule has 0 fully saturated rings. The SMILES string of the molecule is CCCCCCCCCCCC(=O)O.CCCCCCCCCCCC(=O)O.CCCCCCCCCCCC(=O)O.CCCCCCCCCCCC(=O)O.OCC(O)CO.OCC(O)CO. The highest BCUT2D eigenvalue weighted by molar-refractivity contribution is 5.67. The lowest BCUT2D eigenvalue weighted by Crippen LogP contribution is -2.15. The zero-order chi connectivity index (χ0) is 52.6. The number of hydrogen-bond donors (Lipinski definition) is 10. The maximum atomic E-state index is 10.2. The molecule has 412 valence electrons. The van der Waals surface area contributed by atoms with Crippen molar-refractivity contribution in [2.75, 3.05) is 26.4 Å². The molecule has 0 heterocycles. The van der Waals surface area contributed by atoms with Crippen LogP contribution in [0.5, 0.6) is 0 Å². The molecule has 0 unspecified atom stereocenters. The van der Waals surface area contributed by atoms with Crippen LogP contribution in [0.4, 0.5) is 0 Å². The van der Waals surface area contributed by atoms with Gasteiger partial charge in [0.2, 0.25) is 0 Å². The first kappa shape index (κ1) is 77.1. The molecule has 0 rings (SSSR count). The molecule has 0 saturated carbocycles. The summed E-state index contributed by atoms with van der Waals surface area (Å²) in [6.45, 7) is 7.45. The second-order valence-corrected chi connectivity index (χ2v) is 17.9. The van der Waals surface area contributed by atoms with Gasteiger partial charge in [0.1, 0.15) is 12.2 Å². The van der Waals surface area contributed by atoms with E-state index in [-0.39, 0.29) is 26.4 Å². The standard InChI is InChI=1S/4C12H24O2.2C3H8O3/c4*1-2-3-4-5-6-7-8-9-10-11-12(13)14;2*4-1-3(6)2-5/h4*2-11H2,1H3,(H,13,14);2*3-6H,1-2H2. The lowest BCUT2D eigenvalue weighted by atomic mass is 10.1. The Morgan fingerprint density at radius 2 is 0.368 bits per heavy atom. The van der Waals surface area contributed by atoms with Gasteiger partial charge in [-0.3, -0.25) is 19.2 Å². The molecule has 0 aliphatic rings. The Morgan fingerprint density at radius 1 is 0.250 bits per heavy atom. The Balaban J connectivity index is -0.000000174. The average Bonchev–Trinajstić information content (AvgIpc) is 3.32. The maximum absolute atomic E-state index is 10.2. The molecule has 0 aliphatic carbocycles. The molecule has 10 N–H and O–H groups in total. The summed E-state index contributed by atoms with van der Waals surface area (Å²) >= 11 is 0. The number of hydrogen-bond acceptors (Lipinski definition) is 10. The van der Waals surface area contributed by atoms with Crippen molar-refractivity contribution in [2.45, 2.75) is 297 Å². The lowest BCUT2D eigenvalue weighted by Gasteiger charge is -2.00. The number of aliphatic carboxylic acids is 4. The van der Waals surface area contributed by atoms with Crippen LogP contribution >= 0.6 is 0 Å². The number of carboxylic acids is 4. The third-order valence-corrected chi connectivity index (χ3v) is 10.8. The van der Waals surface area contributed by atoms with Gasteiger partial charge in [-0.05, 0) is 25.7 Å². The van der Waals surface area contributed by atoms with E-state index in [1.807, 2.05) is 0 Å². The first-order chi connectivity index (χ1) is 32.7. The third kappa shape index (κ3) is 101. The fourth-order valence-corrected chi connectivity index (χ4v) is 6.46. The van der Waals surface area contributed by atoms with Gasteiger partial charge in [-0.15, -0.1) is 0 Å². The quantitative estimate of drug-likeness (QED) is 0.0254. The van der Waals surface area contributed by atoms with Crippen LogP contribution in [0.1, 0.15) is 285 Å². The molecule has 0 aromatic carbocycles. The Labute approximate surface area is 416 Å². The summed E-state index contributed by atoms with van der Waals surface area (Å²) in [7, 11) is 0. The van der Waals surface area contributed by atoms with Crippen molar-refractivity contribution in [1.29, 1.82) is 0 Å². The average molecular weight is 985 g/mol. The van der Waals surface area contributed by atoms with Crippen molar-refractivity contribution in [3.8, 4) is 0 Å². The third-order valence-electron chi connectivity index (χ3n) is 10.8. The molecule has 0 spiro atoms. The lowest BCUT2D eigenvalue weighted by molar-refractivity contribution is -0.138. The largest absolute Gasteiger partial charge is 0.481 e. The minimum Gasteiger partial charge on any atom is -0.481 e. The number of carbonyl (C=O) groups is 4. The maximum Gasteiger partial charge on any atom is 0.303 e. The molecule has 0 bridgehead atoms. The fraction of sp³-hybridized carbons (Fsp3) is 0.926. The van der Waals surface area contributed by atoms with Crippen LogP contribution in [0.15, 0.2) is 0 Å². The van der Waals surface area contributed by atoms with Crippen molar-refractivity contribution < 1.29 is 70.2 Å². The predicted molar refractivity (Wildman–Crippen MR) is 278 cm³/mol. The van der Waals surface area contributed by atoms with Gasteiger partial charge >= 0.3 is 23.9 Å². The van der Waals surface area contributed by atoms with Crippen molar-refractivity contribution in [2.24, 2.45) is 0 Å². The topological polar surface area (TPSA) is 271 Å². The highest BCUT2D eigenvalue weighted by atomic mass is 16.4. The second-order valence-electron chi connectivity index (χ2n) is 17.9. The number of aliphatic hydroxyl groups excluding tert-OH is 6. The Kier molecular flexibility index (Phi) is 83.5. The molecule has 0 radical (unpaired) electrons. The van der Waals surface area contributed by atoms with Gasteiger partial charge in [0.25, 0.3) is 0 Å². The monoisotopic (exact) mass is 985 g/mol. The van der Waals surface area contributed by atoms with Crippen LogP contribution in [-0.4, -0.2) is 114 Å². The van der Waals surface area contributed by atoms with Crippen molar-refractivity contribution >= 4 is 23.9 Å². The number of aliphatic hydroxyl groups is 6. The van der Waals surface area contributed by atoms with Crippen molar-refractivity contribution in [3.63, 3.8) is 0 Å². The molecule has 0 aromatic heterocycles. The van der Waals surface area contributed by atoms with E-state index in [1.54, 1.807) is 0 Å². The smallest absolute Gasteiger partial charge is 0.303 e. The van der Waals surface area contributed by atoms with Crippen LogP contribution < -0.4 is 0 Å². The summed E-state index contributed by atoms with van der Waals surface area (Å²) in [6.07, 6.45) is 44.0. The summed E-state index contributed by atoms with van der Waals surface area (Å²) in [5.74, 6) is -2.64. The molecule has 0 saturated heterocycles. The Morgan fingerprint density at radius 3 is 0.456 bits per heavy atom. The molecule has 68 heavy (non-hydrogen) atoms. The van der Waals surface area contributed by atoms with Crippen molar-refractivity contribution in [1.82, 2.24) is 0 Å². The molecule has 0 aromatic rings. The molecule has 14 nitrogen and oxygen atoms in total. The van der Waals surface area contributed by atoms with E-state index in [1.165, 1.54) is 180 Å². The highest BCUT2D eigenvalue weighted by Crippen LogP contribution is 2.13. The number of unbranched alkanes of at least 4 members (excludes halogenated alkanes) is 32. The Hall–Kier alpha value is -2.36. The summed E-state index contributed by atoms with van der Waals surface area (Å²) < 4.78 is 0. The summed E-state index contributed by atoms with van der Waals surface area (Å²) in [5, 5.41) is 81.7. The van der Waals surface area contributed by atoms with E-state index in [0.717, 1.165) is 51.4 Å². The summed E-state index contributed by atoms with van der Waals surface area (Å²) in [5.41, 5.74) is 0. The number of rotatable bonds is 44. The van der Waals surface area contributed by atoms with Gasteiger partial charge in [0.15, 0.2) is 0 Å². The summed E-state index contributed by atoms with van der Waals surface area (Å²) in [6, 6.07) is 0. The highest BCUT2D eigenvalue weighted by Gasteiger charge is 2.00. The summed E-state index contributed by atoms with van der Waals surface area (Å²) in [4.78, 5) is 40.8. The number of carboxylic acid groups (broad SMARTS) is 4. The minimum absolute atomic E-state index is 0.343. The van der Waals surface area contributed by atoms with E-state index in [0.29, 0.717) is 25.7 Å². The molecule has 14 heteroatoms. The second kappa shape index (κ2) is 73.6. The first-order valence-electron chi connectivity index (χ1n) is 27.4. The van der Waals surface area contributed by atoms with Crippen LogP contribution in [0.3, 0.4) is 0 Å². The first-order valence-corrected chi connectivity index (χ1v) is 27.4. The van der Waals surface area contributed by atoms with E-state index in [9.17, 15) is 19.2 Å². The molecular formula is C54H112O14. The van der Waals surface area contributed by atoms with E-state index < -0.39 is 36.1 Å². The fourth-order valence-electron chi connectivity index (χ4n) is 6.46. The van der Waals surface area contributed by atoms with Crippen LogP contribution in [0.2, 0.25) is 0 Å². The zero-order valence-electron chi connectivity index (χ0n) is 44.4. The molecule has 0 aliphatic heterocycles. The van der Waals surface area contributed by atoms with E-state index in [4.69, 9.17) is 51.1 Å². The van der Waals surface area contributed by atoms with Gasteiger partial charge in [-0.2, -0.15) is 0 Å². The van der Waals surface area contributed by atoms with Gasteiger partial charge in [0.05, 0.1) is 26.4 Å². The van der Waals surface area contributed by atoms with Gasteiger partial charge < -0.3 is 51.1 Å². The van der Waals surface area contributed by atoms with Gasteiger partial charge in [-0.1, -0.05) is 233 Å².